The number of hydrogen-bond donors (Lipinski definition) is 2. The van der Waals surface area contributed by atoms with Crippen LogP contribution in [-0.4, -0.2) is 22.0 Å². The van der Waals surface area contributed by atoms with Crippen LogP contribution in [0.4, 0.5) is 5.69 Å². The van der Waals surface area contributed by atoms with Gasteiger partial charge in [0, 0.05) is 23.2 Å². The number of amides is 1. The summed E-state index contributed by atoms with van der Waals surface area (Å²) in [4.78, 5) is 25.6. The molecule has 0 saturated carbocycles. The van der Waals surface area contributed by atoms with Crippen molar-refractivity contribution in [1.29, 1.82) is 0 Å². The highest BCUT2D eigenvalue weighted by Gasteiger charge is 2.12. The monoisotopic (exact) mass is 308 g/mol. The third-order valence-electron chi connectivity index (χ3n) is 3.34. The summed E-state index contributed by atoms with van der Waals surface area (Å²) in [5.74, 6) is -0.391. The predicted octanol–water partition coefficient (Wildman–Crippen LogP) is 2.84. The molecule has 2 N–H and O–H groups in total. The lowest BCUT2D eigenvalue weighted by atomic mass is 10.2. The normalized spacial score (nSPS) is 11.0. The number of hydrazone groups is 1. The van der Waals surface area contributed by atoms with E-state index in [9.17, 15) is 14.9 Å². The van der Waals surface area contributed by atoms with Crippen molar-refractivity contribution in [2.24, 2.45) is 5.10 Å². The van der Waals surface area contributed by atoms with Gasteiger partial charge in [-0.25, -0.2) is 5.43 Å². The lowest BCUT2D eigenvalue weighted by molar-refractivity contribution is -0.385. The van der Waals surface area contributed by atoms with Gasteiger partial charge >= 0.3 is 0 Å². The highest BCUT2D eigenvalue weighted by atomic mass is 16.6. The highest BCUT2D eigenvalue weighted by molar-refractivity contribution is 6.06. The SMILES string of the molecule is O=C(N/N=C\c1ccccc1[N+](=O)[O-])c1c[nH]c2ccccc12. The van der Waals surface area contributed by atoms with Crippen LogP contribution in [0.5, 0.6) is 0 Å². The van der Waals surface area contributed by atoms with Crippen LogP contribution in [0.1, 0.15) is 15.9 Å². The van der Waals surface area contributed by atoms with Gasteiger partial charge in [0.15, 0.2) is 0 Å². The van der Waals surface area contributed by atoms with Crippen molar-refractivity contribution in [3.05, 3.63) is 76.0 Å². The van der Waals surface area contributed by atoms with E-state index in [-0.39, 0.29) is 5.69 Å². The van der Waals surface area contributed by atoms with Gasteiger partial charge in [0.2, 0.25) is 0 Å². The molecular weight excluding hydrogens is 296 g/mol. The van der Waals surface area contributed by atoms with Gasteiger partial charge < -0.3 is 4.98 Å². The smallest absolute Gasteiger partial charge is 0.278 e. The second-order valence-corrected chi connectivity index (χ2v) is 4.76. The van der Waals surface area contributed by atoms with Crippen molar-refractivity contribution < 1.29 is 9.72 Å². The van der Waals surface area contributed by atoms with Gasteiger partial charge in [0.1, 0.15) is 0 Å². The fourth-order valence-corrected chi connectivity index (χ4v) is 2.24. The van der Waals surface area contributed by atoms with Crippen LogP contribution in [0.2, 0.25) is 0 Å². The highest BCUT2D eigenvalue weighted by Crippen LogP contribution is 2.17. The Hall–Kier alpha value is -3.48. The standard InChI is InChI=1S/C16H12N4O3/c21-16(13-10-17-14-7-3-2-6-12(13)14)19-18-9-11-5-1-4-8-15(11)20(22)23/h1-10,17H,(H,19,21)/b18-9-. The van der Waals surface area contributed by atoms with E-state index in [2.05, 4.69) is 15.5 Å². The van der Waals surface area contributed by atoms with Crippen LogP contribution in [-0.2, 0) is 0 Å². The van der Waals surface area contributed by atoms with Crippen molar-refractivity contribution in [2.45, 2.75) is 0 Å². The Kier molecular flexibility index (Phi) is 3.84. The number of carbonyl (C=O) groups excluding carboxylic acids is 1. The number of nitro benzene ring substituents is 1. The fourth-order valence-electron chi connectivity index (χ4n) is 2.24. The van der Waals surface area contributed by atoms with Crippen LogP contribution in [0.15, 0.2) is 59.8 Å². The maximum absolute atomic E-state index is 12.2. The van der Waals surface area contributed by atoms with Crippen molar-refractivity contribution in [3.63, 3.8) is 0 Å². The molecule has 0 aliphatic carbocycles. The molecule has 23 heavy (non-hydrogen) atoms. The maximum atomic E-state index is 12.2. The molecule has 2 aromatic carbocycles. The van der Waals surface area contributed by atoms with Crippen LogP contribution in [0.25, 0.3) is 10.9 Å². The van der Waals surface area contributed by atoms with Crippen molar-refractivity contribution in [3.8, 4) is 0 Å². The van der Waals surface area contributed by atoms with Gasteiger partial charge in [0.05, 0.1) is 22.3 Å². The van der Waals surface area contributed by atoms with E-state index in [0.29, 0.717) is 11.1 Å². The number of rotatable bonds is 4. The summed E-state index contributed by atoms with van der Waals surface area (Å²) < 4.78 is 0. The molecule has 0 spiro atoms. The molecule has 1 heterocycles. The van der Waals surface area contributed by atoms with E-state index in [1.165, 1.54) is 12.3 Å². The van der Waals surface area contributed by atoms with Crippen molar-refractivity contribution in [1.82, 2.24) is 10.4 Å². The fraction of sp³-hybridized carbons (Fsp3) is 0. The molecule has 0 aliphatic rings. The minimum absolute atomic E-state index is 0.0717. The molecule has 0 atom stereocenters. The molecule has 0 radical (unpaired) electrons. The van der Waals surface area contributed by atoms with Crippen molar-refractivity contribution in [2.75, 3.05) is 0 Å². The molecule has 3 aromatic rings. The van der Waals surface area contributed by atoms with Crippen molar-refractivity contribution >= 4 is 28.7 Å². The first-order chi connectivity index (χ1) is 11.2. The summed E-state index contributed by atoms with van der Waals surface area (Å²) in [5, 5.41) is 15.5. The minimum Gasteiger partial charge on any atom is -0.360 e. The largest absolute Gasteiger partial charge is 0.360 e. The average molecular weight is 308 g/mol. The molecule has 0 unspecified atom stereocenters. The molecule has 7 heteroatoms. The Morgan fingerprint density at radius 2 is 1.91 bits per heavy atom. The summed E-state index contributed by atoms with van der Waals surface area (Å²) in [7, 11) is 0. The third kappa shape index (κ3) is 2.93. The van der Waals surface area contributed by atoms with E-state index in [1.807, 2.05) is 24.3 Å². The van der Waals surface area contributed by atoms with Gasteiger partial charge in [0.25, 0.3) is 11.6 Å². The zero-order valence-electron chi connectivity index (χ0n) is 11.9. The number of fused-ring (bicyclic) bond motifs is 1. The number of benzene rings is 2. The number of aromatic amines is 1. The van der Waals surface area contributed by atoms with Gasteiger partial charge in [-0.3, -0.25) is 14.9 Å². The van der Waals surface area contributed by atoms with E-state index in [1.54, 1.807) is 24.4 Å². The summed E-state index contributed by atoms with van der Waals surface area (Å²) in [6.07, 6.45) is 2.85. The topological polar surface area (TPSA) is 100 Å². The summed E-state index contributed by atoms with van der Waals surface area (Å²) in [6, 6.07) is 13.6. The van der Waals surface area contributed by atoms with E-state index < -0.39 is 10.8 Å². The van der Waals surface area contributed by atoms with Gasteiger partial charge in [-0.05, 0) is 12.1 Å². The number of nitrogens with zero attached hydrogens (tertiary/aromatic N) is 2. The average Bonchev–Trinajstić information content (AvgIpc) is 2.99. The van der Waals surface area contributed by atoms with Gasteiger partial charge in [-0.2, -0.15) is 5.10 Å². The van der Waals surface area contributed by atoms with Gasteiger partial charge in [-0.15, -0.1) is 0 Å². The quantitative estimate of drug-likeness (QED) is 0.440. The molecule has 0 aliphatic heterocycles. The Morgan fingerprint density at radius 3 is 2.74 bits per heavy atom. The van der Waals surface area contributed by atoms with E-state index >= 15 is 0 Å². The predicted molar refractivity (Wildman–Crippen MR) is 86.5 cm³/mol. The Balaban J connectivity index is 1.78. The maximum Gasteiger partial charge on any atom is 0.278 e. The zero-order valence-corrected chi connectivity index (χ0v) is 11.9. The van der Waals surface area contributed by atoms with Crippen LogP contribution in [0.3, 0.4) is 0 Å². The number of hydrogen-bond acceptors (Lipinski definition) is 4. The molecule has 1 amide bonds. The first-order valence-electron chi connectivity index (χ1n) is 6.80. The molecule has 0 bridgehead atoms. The summed E-state index contributed by atoms with van der Waals surface area (Å²) in [5.41, 5.74) is 3.93. The molecule has 3 rings (SSSR count). The number of para-hydroxylation sites is 2. The molecular formula is C16H12N4O3. The second kappa shape index (κ2) is 6.10. The summed E-state index contributed by atoms with van der Waals surface area (Å²) in [6.45, 7) is 0. The number of nitrogens with one attached hydrogen (secondary N) is 2. The lowest BCUT2D eigenvalue weighted by Crippen LogP contribution is -2.17. The number of nitro groups is 1. The second-order valence-electron chi connectivity index (χ2n) is 4.76. The molecule has 0 fully saturated rings. The lowest BCUT2D eigenvalue weighted by Gasteiger charge is -1.99. The van der Waals surface area contributed by atoms with Crippen LogP contribution in [0, 0.1) is 10.1 Å². The van der Waals surface area contributed by atoms with E-state index in [0.717, 1.165) is 10.9 Å². The molecule has 1 aromatic heterocycles. The summed E-state index contributed by atoms with van der Waals surface area (Å²) >= 11 is 0. The minimum atomic E-state index is -0.497. The number of carbonyl (C=O) groups is 1. The molecule has 0 saturated heterocycles. The van der Waals surface area contributed by atoms with Crippen LogP contribution >= 0.6 is 0 Å². The third-order valence-corrected chi connectivity index (χ3v) is 3.34. The first kappa shape index (κ1) is 14.5. The Morgan fingerprint density at radius 1 is 1.17 bits per heavy atom. The number of H-pyrrole nitrogens is 1. The Bertz CT molecular complexity index is 914. The van der Waals surface area contributed by atoms with E-state index in [4.69, 9.17) is 0 Å². The zero-order chi connectivity index (χ0) is 16.2. The molecule has 7 nitrogen and oxygen atoms in total. The van der Waals surface area contributed by atoms with Gasteiger partial charge in [-0.1, -0.05) is 30.3 Å². The number of aromatic nitrogens is 1. The molecule has 114 valence electrons. The van der Waals surface area contributed by atoms with Crippen LogP contribution < -0.4 is 5.43 Å². The first-order valence-corrected chi connectivity index (χ1v) is 6.80. The Labute approximate surface area is 130 Å².